The van der Waals surface area contributed by atoms with Gasteiger partial charge in [0.2, 0.25) is 5.91 Å². The third-order valence-electron chi connectivity index (χ3n) is 3.22. The Kier molecular flexibility index (Phi) is 4.43. The van der Waals surface area contributed by atoms with E-state index in [2.05, 4.69) is 34.1 Å². The van der Waals surface area contributed by atoms with Gasteiger partial charge in [0.05, 0.1) is 28.6 Å². The Hall–Kier alpha value is -2.60. The smallest absolute Gasteiger partial charge is 0.250 e. The Labute approximate surface area is 138 Å². The van der Waals surface area contributed by atoms with Crippen molar-refractivity contribution in [2.24, 2.45) is 0 Å². The Balaban J connectivity index is 1.69. The molecule has 3 rings (SSSR count). The van der Waals surface area contributed by atoms with Crippen molar-refractivity contribution in [3.8, 4) is 0 Å². The van der Waals surface area contributed by atoms with Crippen LogP contribution in [0.15, 0.2) is 41.9 Å². The molecule has 0 saturated heterocycles. The lowest BCUT2D eigenvalue weighted by atomic mass is 10.2. The summed E-state index contributed by atoms with van der Waals surface area (Å²) < 4.78 is 0. The molecular formula is C17H16N4OS. The second-order valence-corrected chi connectivity index (χ2v) is 6.20. The third-order valence-corrected chi connectivity index (χ3v) is 3.99. The number of amides is 1. The maximum atomic E-state index is 11.9. The van der Waals surface area contributed by atoms with Gasteiger partial charge in [-0.2, -0.15) is 0 Å². The molecule has 2 heterocycles. The van der Waals surface area contributed by atoms with Crippen LogP contribution in [0.4, 0.5) is 5.13 Å². The van der Waals surface area contributed by atoms with E-state index in [4.69, 9.17) is 0 Å². The molecule has 23 heavy (non-hydrogen) atoms. The Morgan fingerprint density at radius 1 is 1.22 bits per heavy atom. The van der Waals surface area contributed by atoms with Gasteiger partial charge in [-0.15, -0.1) is 11.3 Å². The second-order valence-electron chi connectivity index (χ2n) is 5.34. The van der Waals surface area contributed by atoms with Gasteiger partial charge in [0, 0.05) is 11.5 Å². The molecule has 0 radical (unpaired) electrons. The van der Waals surface area contributed by atoms with Crippen molar-refractivity contribution in [2.75, 3.05) is 5.32 Å². The summed E-state index contributed by atoms with van der Waals surface area (Å²) in [6, 6.07) is 7.62. The highest BCUT2D eigenvalue weighted by Crippen LogP contribution is 2.21. The first-order valence-electron chi connectivity index (χ1n) is 7.28. The number of carbonyl (C=O) groups is 1. The first kappa shape index (κ1) is 15.3. The number of hydrogen-bond donors (Lipinski definition) is 1. The van der Waals surface area contributed by atoms with Gasteiger partial charge >= 0.3 is 0 Å². The number of hydrogen-bond acceptors (Lipinski definition) is 5. The lowest BCUT2D eigenvalue weighted by Gasteiger charge is -1.99. The average molecular weight is 324 g/mol. The number of nitrogens with zero attached hydrogens (tertiary/aromatic N) is 3. The van der Waals surface area contributed by atoms with Gasteiger partial charge in [-0.3, -0.25) is 15.1 Å². The number of carbonyl (C=O) groups excluding carboxylic acids is 1. The monoisotopic (exact) mass is 324 g/mol. The normalized spacial score (nSPS) is 11.4. The zero-order valence-corrected chi connectivity index (χ0v) is 13.7. The van der Waals surface area contributed by atoms with Gasteiger partial charge < -0.3 is 0 Å². The van der Waals surface area contributed by atoms with E-state index in [-0.39, 0.29) is 5.91 Å². The summed E-state index contributed by atoms with van der Waals surface area (Å²) >= 11 is 1.42. The molecule has 0 unspecified atom stereocenters. The van der Waals surface area contributed by atoms with Gasteiger partial charge in [0.1, 0.15) is 0 Å². The van der Waals surface area contributed by atoms with Crippen LogP contribution in [0, 0.1) is 0 Å². The van der Waals surface area contributed by atoms with Crippen LogP contribution in [0.3, 0.4) is 0 Å². The summed E-state index contributed by atoms with van der Waals surface area (Å²) in [5, 5.41) is 5.32. The number of benzene rings is 1. The molecule has 0 fully saturated rings. The van der Waals surface area contributed by atoms with Crippen molar-refractivity contribution in [1.82, 2.24) is 15.0 Å². The van der Waals surface area contributed by atoms with Crippen molar-refractivity contribution in [1.29, 1.82) is 0 Å². The maximum absolute atomic E-state index is 11.9. The van der Waals surface area contributed by atoms with Crippen molar-refractivity contribution in [3.05, 3.63) is 53.3 Å². The topological polar surface area (TPSA) is 67.8 Å². The van der Waals surface area contributed by atoms with Gasteiger partial charge in [-0.1, -0.05) is 26.0 Å². The lowest BCUT2D eigenvalue weighted by Crippen LogP contribution is -2.07. The number of rotatable bonds is 4. The minimum atomic E-state index is -0.232. The quantitative estimate of drug-likeness (QED) is 0.740. The zero-order valence-electron chi connectivity index (χ0n) is 12.9. The molecule has 1 N–H and O–H groups in total. The summed E-state index contributed by atoms with van der Waals surface area (Å²) in [7, 11) is 0. The fraction of sp³-hybridized carbons (Fsp3) is 0.176. The molecule has 0 aliphatic heterocycles. The summed E-state index contributed by atoms with van der Waals surface area (Å²) in [6.45, 7) is 4.14. The standard InChI is InChI=1S/C17H16N4OS/c1-11(2)15-10-23-17(20-15)21-16(22)8-7-12-9-18-13-5-3-4-6-14(13)19-12/h3-11H,1-2H3,(H,20,21,22). The van der Waals surface area contributed by atoms with Crippen molar-refractivity contribution >= 4 is 39.5 Å². The minimum Gasteiger partial charge on any atom is -0.298 e. The molecule has 2 aromatic heterocycles. The summed E-state index contributed by atoms with van der Waals surface area (Å²) in [6.07, 6.45) is 4.73. The second kappa shape index (κ2) is 6.66. The van der Waals surface area contributed by atoms with E-state index in [1.807, 2.05) is 29.6 Å². The van der Waals surface area contributed by atoms with Crippen molar-refractivity contribution in [2.45, 2.75) is 19.8 Å². The lowest BCUT2D eigenvalue weighted by molar-refractivity contribution is -0.111. The predicted octanol–water partition coefficient (Wildman–Crippen LogP) is 3.86. The van der Waals surface area contributed by atoms with Crippen molar-refractivity contribution < 1.29 is 4.79 Å². The van der Waals surface area contributed by atoms with Crippen LogP contribution >= 0.6 is 11.3 Å². The van der Waals surface area contributed by atoms with Crippen LogP contribution in [0.2, 0.25) is 0 Å². The van der Waals surface area contributed by atoms with Crippen LogP contribution in [0.5, 0.6) is 0 Å². The molecule has 0 saturated carbocycles. The SMILES string of the molecule is CC(C)c1csc(NC(=O)C=Cc2cnc3ccccc3n2)n1. The highest BCUT2D eigenvalue weighted by Gasteiger charge is 2.07. The summed E-state index contributed by atoms with van der Waals surface area (Å²) in [4.78, 5) is 25.1. The first-order chi connectivity index (χ1) is 11.1. The first-order valence-corrected chi connectivity index (χ1v) is 8.16. The Bertz CT molecular complexity index is 870. The molecule has 116 valence electrons. The highest BCUT2D eigenvalue weighted by atomic mass is 32.1. The average Bonchev–Trinajstić information content (AvgIpc) is 3.01. The molecule has 1 aromatic carbocycles. The number of thiazole rings is 1. The van der Waals surface area contributed by atoms with E-state index in [9.17, 15) is 4.79 Å². The molecule has 3 aromatic rings. The van der Waals surface area contributed by atoms with E-state index in [0.717, 1.165) is 16.7 Å². The van der Waals surface area contributed by atoms with E-state index >= 15 is 0 Å². The van der Waals surface area contributed by atoms with Gasteiger partial charge in [0.15, 0.2) is 5.13 Å². The molecule has 0 bridgehead atoms. The molecule has 6 heteroatoms. The number of anilines is 1. The zero-order chi connectivity index (χ0) is 16.2. The number of fused-ring (bicyclic) bond motifs is 1. The molecule has 0 spiro atoms. The maximum Gasteiger partial charge on any atom is 0.250 e. The van der Waals surface area contributed by atoms with Crippen LogP contribution in [-0.2, 0) is 4.79 Å². The molecule has 1 amide bonds. The van der Waals surface area contributed by atoms with E-state index in [1.165, 1.54) is 17.4 Å². The molecule has 0 aliphatic carbocycles. The highest BCUT2D eigenvalue weighted by molar-refractivity contribution is 7.14. The fourth-order valence-corrected chi connectivity index (χ4v) is 2.84. The molecule has 5 nitrogen and oxygen atoms in total. The van der Waals surface area contributed by atoms with Crippen LogP contribution in [0.25, 0.3) is 17.1 Å². The minimum absolute atomic E-state index is 0.232. The Morgan fingerprint density at radius 2 is 2.00 bits per heavy atom. The van der Waals surface area contributed by atoms with Crippen LogP contribution in [0.1, 0.15) is 31.2 Å². The van der Waals surface area contributed by atoms with Crippen LogP contribution in [-0.4, -0.2) is 20.9 Å². The number of nitrogens with one attached hydrogen (secondary N) is 1. The largest absolute Gasteiger partial charge is 0.298 e. The van der Waals surface area contributed by atoms with E-state index in [1.54, 1.807) is 12.3 Å². The van der Waals surface area contributed by atoms with E-state index < -0.39 is 0 Å². The summed E-state index contributed by atoms with van der Waals surface area (Å²) in [5.74, 6) is 0.116. The predicted molar refractivity (Wildman–Crippen MR) is 93.4 cm³/mol. The van der Waals surface area contributed by atoms with Gasteiger partial charge in [-0.05, 0) is 24.1 Å². The fourth-order valence-electron chi connectivity index (χ4n) is 1.97. The molecular weight excluding hydrogens is 308 g/mol. The summed E-state index contributed by atoms with van der Waals surface area (Å²) in [5.41, 5.74) is 3.25. The van der Waals surface area contributed by atoms with Crippen molar-refractivity contribution in [3.63, 3.8) is 0 Å². The number of para-hydroxylation sites is 2. The molecule has 0 aliphatic rings. The Morgan fingerprint density at radius 3 is 2.74 bits per heavy atom. The van der Waals surface area contributed by atoms with Gasteiger partial charge in [-0.25, -0.2) is 9.97 Å². The molecule has 0 atom stereocenters. The third kappa shape index (κ3) is 3.78. The van der Waals surface area contributed by atoms with Gasteiger partial charge in [0.25, 0.3) is 0 Å². The van der Waals surface area contributed by atoms with Crippen LogP contribution < -0.4 is 5.32 Å². The van der Waals surface area contributed by atoms with E-state index in [0.29, 0.717) is 16.7 Å². The number of aromatic nitrogens is 3.